The smallest absolute Gasteiger partial charge is 0.139 e. The Balaban J connectivity index is 2.06. The molecule has 0 amide bonds. The summed E-state index contributed by atoms with van der Waals surface area (Å²) in [6, 6.07) is 10.4. The van der Waals surface area contributed by atoms with Crippen LogP contribution in [-0.4, -0.2) is 12.0 Å². The molecule has 0 aliphatic carbocycles. The highest BCUT2D eigenvalue weighted by atomic mass is 32.1. The van der Waals surface area contributed by atoms with Crippen molar-refractivity contribution in [3.8, 4) is 0 Å². The summed E-state index contributed by atoms with van der Waals surface area (Å²) in [5, 5.41) is 2.06. The van der Waals surface area contributed by atoms with E-state index in [1.807, 2.05) is 11.6 Å². The standard InChI is InChI=1S/C11H12N2S/c1-13(11-8-14-9-12-11)7-10-5-3-2-4-6-10/h2-6,8-9H,7H2,1H3. The van der Waals surface area contributed by atoms with Gasteiger partial charge in [-0.25, -0.2) is 4.98 Å². The predicted molar refractivity (Wildman–Crippen MR) is 60.7 cm³/mol. The molecule has 0 N–H and O–H groups in total. The van der Waals surface area contributed by atoms with E-state index in [-0.39, 0.29) is 0 Å². The van der Waals surface area contributed by atoms with E-state index in [0.717, 1.165) is 12.4 Å². The van der Waals surface area contributed by atoms with Crippen molar-refractivity contribution in [1.82, 2.24) is 4.98 Å². The van der Waals surface area contributed by atoms with E-state index in [1.54, 1.807) is 11.3 Å². The van der Waals surface area contributed by atoms with Crippen LogP contribution in [0.4, 0.5) is 5.82 Å². The van der Waals surface area contributed by atoms with E-state index in [0.29, 0.717) is 0 Å². The van der Waals surface area contributed by atoms with Crippen LogP contribution in [0.1, 0.15) is 5.56 Å². The SMILES string of the molecule is CN(Cc1ccccc1)c1cscn1. The highest BCUT2D eigenvalue weighted by Crippen LogP contribution is 2.14. The third-order valence-electron chi connectivity index (χ3n) is 2.07. The molecule has 0 radical (unpaired) electrons. The monoisotopic (exact) mass is 204 g/mol. The molecule has 0 bridgehead atoms. The highest BCUT2D eigenvalue weighted by Gasteiger charge is 2.02. The second-order valence-electron chi connectivity index (χ2n) is 3.19. The normalized spacial score (nSPS) is 10.1. The Labute approximate surface area is 87.8 Å². The van der Waals surface area contributed by atoms with Crippen LogP contribution in [0.2, 0.25) is 0 Å². The lowest BCUT2D eigenvalue weighted by Gasteiger charge is -2.15. The molecule has 2 rings (SSSR count). The number of thiazole rings is 1. The zero-order valence-corrected chi connectivity index (χ0v) is 8.87. The zero-order valence-electron chi connectivity index (χ0n) is 8.05. The molecular formula is C11H12N2S. The molecule has 2 aromatic rings. The van der Waals surface area contributed by atoms with Crippen molar-refractivity contribution in [3.63, 3.8) is 0 Å². The molecule has 72 valence electrons. The number of rotatable bonds is 3. The maximum absolute atomic E-state index is 4.26. The molecule has 0 unspecified atom stereocenters. The van der Waals surface area contributed by atoms with Gasteiger partial charge in [-0.05, 0) is 5.56 Å². The van der Waals surface area contributed by atoms with Crippen molar-refractivity contribution < 1.29 is 0 Å². The Morgan fingerprint density at radius 1 is 1.29 bits per heavy atom. The van der Waals surface area contributed by atoms with Crippen LogP contribution in [0.3, 0.4) is 0 Å². The summed E-state index contributed by atoms with van der Waals surface area (Å²) in [6.07, 6.45) is 0. The van der Waals surface area contributed by atoms with Crippen LogP contribution >= 0.6 is 11.3 Å². The molecule has 0 saturated heterocycles. The number of benzene rings is 1. The fourth-order valence-electron chi connectivity index (χ4n) is 1.33. The lowest BCUT2D eigenvalue weighted by molar-refractivity contribution is 0.904. The fourth-order valence-corrected chi connectivity index (χ4v) is 1.93. The van der Waals surface area contributed by atoms with Gasteiger partial charge in [0.2, 0.25) is 0 Å². The maximum atomic E-state index is 4.26. The van der Waals surface area contributed by atoms with Gasteiger partial charge in [0, 0.05) is 19.0 Å². The second kappa shape index (κ2) is 4.24. The van der Waals surface area contributed by atoms with Gasteiger partial charge in [-0.1, -0.05) is 30.3 Å². The fraction of sp³-hybridized carbons (Fsp3) is 0.182. The zero-order chi connectivity index (χ0) is 9.80. The van der Waals surface area contributed by atoms with Crippen LogP contribution in [0.15, 0.2) is 41.2 Å². The molecule has 0 saturated carbocycles. The molecule has 0 spiro atoms. The summed E-state index contributed by atoms with van der Waals surface area (Å²) in [7, 11) is 2.06. The van der Waals surface area contributed by atoms with Crippen molar-refractivity contribution in [1.29, 1.82) is 0 Å². The Morgan fingerprint density at radius 2 is 2.07 bits per heavy atom. The Bertz CT molecular complexity index is 369. The summed E-state index contributed by atoms with van der Waals surface area (Å²) >= 11 is 1.63. The van der Waals surface area contributed by atoms with Gasteiger partial charge in [0.1, 0.15) is 5.82 Å². The van der Waals surface area contributed by atoms with Crippen LogP contribution in [0, 0.1) is 0 Å². The van der Waals surface area contributed by atoms with E-state index >= 15 is 0 Å². The molecule has 1 heterocycles. The van der Waals surface area contributed by atoms with Crippen molar-refractivity contribution in [2.45, 2.75) is 6.54 Å². The Morgan fingerprint density at radius 3 is 2.71 bits per heavy atom. The molecule has 2 nitrogen and oxygen atoms in total. The van der Waals surface area contributed by atoms with Gasteiger partial charge >= 0.3 is 0 Å². The van der Waals surface area contributed by atoms with Crippen LogP contribution < -0.4 is 4.90 Å². The van der Waals surface area contributed by atoms with Crippen LogP contribution in [0.25, 0.3) is 0 Å². The molecule has 0 atom stereocenters. The van der Waals surface area contributed by atoms with E-state index in [4.69, 9.17) is 0 Å². The first-order valence-electron chi connectivity index (χ1n) is 4.49. The van der Waals surface area contributed by atoms with Crippen LogP contribution in [0.5, 0.6) is 0 Å². The molecular weight excluding hydrogens is 192 g/mol. The number of anilines is 1. The van der Waals surface area contributed by atoms with Crippen molar-refractivity contribution in [3.05, 3.63) is 46.8 Å². The summed E-state index contributed by atoms with van der Waals surface area (Å²) in [5.41, 5.74) is 3.17. The molecule has 1 aromatic carbocycles. The Hall–Kier alpha value is -1.35. The lowest BCUT2D eigenvalue weighted by Crippen LogP contribution is -2.16. The quantitative estimate of drug-likeness (QED) is 0.764. The summed E-state index contributed by atoms with van der Waals surface area (Å²) < 4.78 is 0. The van der Waals surface area contributed by atoms with E-state index in [2.05, 4.69) is 46.6 Å². The van der Waals surface area contributed by atoms with Gasteiger partial charge in [0.05, 0.1) is 5.51 Å². The number of aromatic nitrogens is 1. The van der Waals surface area contributed by atoms with Crippen molar-refractivity contribution in [2.24, 2.45) is 0 Å². The number of nitrogens with zero attached hydrogens (tertiary/aromatic N) is 2. The minimum atomic E-state index is 0.907. The predicted octanol–water partition coefficient (Wildman–Crippen LogP) is 2.78. The third kappa shape index (κ3) is 2.12. The number of hydrogen-bond donors (Lipinski definition) is 0. The summed E-state index contributed by atoms with van der Waals surface area (Å²) in [6.45, 7) is 0.907. The first kappa shape index (κ1) is 9.21. The molecule has 0 aliphatic heterocycles. The topological polar surface area (TPSA) is 16.1 Å². The van der Waals surface area contributed by atoms with Crippen LogP contribution in [-0.2, 0) is 6.54 Å². The first-order chi connectivity index (χ1) is 6.86. The maximum Gasteiger partial charge on any atom is 0.139 e. The van der Waals surface area contributed by atoms with Gasteiger partial charge in [-0.15, -0.1) is 11.3 Å². The third-order valence-corrected chi connectivity index (χ3v) is 2.65. The minimum absolute atomic E-state index is 0.907. The number of hydrogen-bond acceptors (Lipinski definition) is 3. The lowest BCUT2D eigenvalue weighted by atomic mass is 10.2. The van der Waals surface area contributed by atoms with E-state index in [9.17, 15) is 0 Å². The van der Waals surface area contributed by atoms with Gasteiger partial charge in [0.25, 0.3) is 0 Å². The molecule has 0 fully saturated rings. The minimum Gasteiger partial charge on any atom is -0.355 e. The van der Waals surface area contributed by atoms with Gasteiger partial charge < -0.3 is 4.90 Å². The molecule has 1 aromatic heterocycles. The molecule has 0 aliphatic rings. The highest BCUT2D eigenvalue weighted by molar-refractivity contribution is 7.07. The van der Waals surface area contributed by atoms with Gasteiger partial charge in [-0.2, -0.15) is 0 Å². The van der Waals surface area contributed by atoms with Gasteiger partial charge in [-0.3, -0.25) is 0 Å². The molecule has 3 heteroatoms. The Kier molecular flexibility index (Phi) is 2.79. The largest absolute Gasteiger partial charge is 0.355 e. The van der Waals surface area contributed by atoms with Crippen molar-refractivity contribution in [2.75, 3.05) is 11.9 Å². The summed E-state index contributed by atoms with van der Waals surface area (Å²) in [5.74, 6) is 1.04. The molecule has 14 heavy (non-hydrogen) atoms. The van der Waals surface area contributed by atoms with Gasteiger partial charge in [0.15, 0.2) is 0 Å². The van der Waals surface area contributed by atoms with E-state index < -0.39 is 0 Å². The summed E-state index contributed by atoms with van der Waals surface area (Å²) in [4.78, 5) is 6.40. The second-order valence-corrected chi connectivity index (χ2v) is 3.91. The first-order valence-corrected chi connectivity index (χ1v) is 5.44. The average Bonchev–Trinajstić information content (AvgIpc) is 2.72. The average molecular weight is 204 g/mol. The van der Waals surface area contributed by atoms with Crippen molar-refractivity contribution >= 4 is 17.2 Å². The van der Waals surface area contributed by atoms with E-state index in [1.165, 1.54) is 5.56 Å².